The van der Waals surface area contributed by atoms with Gasteiger partial charge in [0, 0.05) is 6.42 Å². The predicted octanol–water partition coefficient (Wildman–Crippen LogP) is 6.42. The lowest BCUT2D eigenvalue weighted by Gasteiger charge is -2.23. The maximum Gasteiger partial charge on any atom is 0.136 e. The lowest BCUT2D eigenvalue weighted by atomic mass is 10.1. The number of aryl methyl sites for hydroxylation is 2. The molecule has 2 nitrogen and oxygen atoms in total. The monoisotopic (exact) mass is 572 g/mol. The summed E-state index contributed by atoms with van der Waals surface area (Å²) in [4.78, 5) is 0. The van der Waals surface area contributed by atoms with Gasteiger partial charge in [0.05, 0.1) is 19.3 Å². The van der Waals surface area contributed by atoms with Gasteiger partial charge in [-0.1, -0.05) is 0 Å². The van der Waals surface area contributed by atoms with Crippen molar-refractivity contribution in [1.29, 1.82) is 0 Å². The number of hydrogen-bond donors (Lipinski definition) is 0. The SMILES string of the molecule is Cc1cc(F)cc(I)c1O[C@H](C)C[C@H](C)Oc1c(C)cc(F)cc1I. The molecule has 2 aromatic rings. The predicted molar refractivity (Wildman–Crippen MR) is 113 cm³/mol. The van der Waals surface area contributed by atoms with Crippen LogP contribution in [0.4, 0.5) is 8.78 Å². The summed E-state index contributed by atoms with van der Waals surface area (Å²) < 4.78 is 40.3. The van der Waals surface area contributed by atoms with Crippen molar-refractivity contribution in [2.75, 3.05) is 0 Å². The van der Waals surface area contributed by atoms with Crippen molar-refractivity contribution < 1.29 is 18.3 Å². The fourth-order valence-electron chi connectivity index (χ4n) is 2.64. The lowest BCUT2D eigenvalue weighted by molar-refractivity contribution is 0.128. The summed E-state index contributed by atoms with van der Waals surface area (Å²) in [7, 11) is 0. The first-order valence-electron chi connectivity index (χ1n) is 7.92. The van der Waals surface area contributed by atoms with Gasteiger partial charge in [0.2, 0.25) is 0 Å². The molecule has 0 radical (unpaired) electrons. The van der Waals surface area contributed by atoms with Gasteiger partial charge in [0.15, 0.2) is 0 Å². The Labute approximate surface area is 174 Å². The Morgan fingerprint density at radius 1 is 0.800 bits per heavy atom. The average molecular weight is 572 g/mol. The second-order valence-electron chi connectivity index (χ2n) is 6.16. The van der Waals surface area contributed by atoms with Crippen molar-refractivity contribution in [3.8, 4) is 11.5 Å². The Hall–Kier alpha value is -0.640. The third-order valence-corrected chi connectivity index (χ3v) is 5.29. The average Bonchev–Trinajstić information content (AvgIpc) is 2.46. The Balaban J connectivity index is 2.03. The van der Waals surface area contributed by atoms with Crippen LogP contribution in [0.1, 0.15) is 31.4 Å². The van der Waals surface area contributed by atoms with Crippen LogP contribution >= 0.6 is 45.2 Å². The zero-order chi connectivity index (χ0) is 18.7. The molecular formula is C19H20F2I2O2. The molecule has 0 aliphatic heterocycles. The smallest absolute Gasteiger partial charge is 0.136 e. The van der Waals surface area contributed by atoms with Crippen LogP contribution in [-0.4, -0.2) is 12.2 Å². The first-order valence-corrected chi connectivity index (χ1v) is 10.1. The Kier molecular flexibility index (Phi) is 7.30. The third kappa shape index (κ3) is 5.67. The van der Waals surface area contributed by atoms with E-state index >= 15 is 0 Å². The van der Waals surface area contributed by atoms with E-state index in [1.54, 1.807) is 0 Å². The number of benzene rings is 2. The molecule has 0 N–H and O–H groups in total. The molecule has 2 atom stereocenters. The molecule has 0 fully saturated rings. The first kappa shape index (κ1) is 20.7. The number of ether oxygens (including phenoxy) is 2. The summed E-state index contributed by atoms with van der Waals surface area (Å²) in [5, 5.41) is 0. The van der Waals surface area contributed by atoms with Crippen LogP contribution in [0.15, 0.2) is 24.3 Å². The quantitative estimate of drug-likeness (QED) is 0.373. The van der Waals surface area contributed by atoms with Crippen molar-refractivity contribution in [2.45, 2.75) is 46.3 Å². The van der Waals surface area contributed by atoms with Gasteiger partial charge in [-0.25, -0.2) is 8.78 Å². The molecule has 0 saturated carbocycles. The minimum absolute atomic E-state index is 0.105. The highest BCUT2D eigenvalue weighted by Crippen LogP contribution is 2.30. The summed E-state index contributed by atoms with van der Waals surface area (Å²) in [6, 6.07) is 5.85. The molecule has 0 heterocycles. The van der Waals surface area contributed by atoms with Crippen molar-refractivity contribution >= 4 is 45.2 Å². The van der Waals surface area contributed by atoms with Crippen molar-refractivity contribution in [1.82, 2.24) is 0 Å². The first-order chi connectivity index (χ1) is 11.7. The van der Waals surface area contributed by atoms with Crippen LogP contribution in [0.2, 0.25) is 0 Å². The van der Waals surface area contributed by atoms with Crippen molar-refractivity contribution in [3.63, 3.8) is 0 Å². The van der Waals surface area contributed by atoms with E-state index in [9.17, 15) is 8.78 Å². The molecule has 136 valence electrons. The second-order valence-corrected chi connectivity index (χ2v) is 8.48. The molecule has 25 heavy (non-hydrogen) atoms. The van der Waals surface area contributed by atoms with E-state index in [-0.39, 0.29) is 23.8 Å². The van der Waals surface area contributed by atoms with E-state index in [2.05, 4.69) is 45.2 Å². The highest BCUT2D eigenvalue weighted by Gasteiger charge is 2.17. The van der Waals surface area contributed by atoms with Gasteiger partial charge in [-0.3, -0.25) is 0 Å². The van der Waals surface area contributed by atoms with Crippen LogP contribution < -0.4 is 9.47 Å². The molecule has 0 aliphatic rings. The normalized spacial score (nSPS) is 13.4. The van der Waals surface area contributed by atoms with Crippen LogP contribution in [0.3, 0.4) is 0 Å². The van der Waals surface area contributed by atoms with E-state index in [0.29, 0.717) is 17.9 Å². The van der Waals surface area contributed by atoms with Gasteiger partial charge in [-0.15, -0.1) is 0 Å². The van der Waals surface area contributed by atoms with Crippen molar-refractivity contribution in [3.05, 3.63) is 54.2 Å². The largest absolute Gasteiger partial charge is 0.489 e. The lowest BCUT2D eigenvalue weighted by Crippen LogP contribution is -2.24. The number of halogens is 4. The molecule has 0 aromatic heterocycles. The van der Waals surface area contributed by atoms with E-state index in [4.69, 9.17) is 9.47 Å². The van der Waals surface area contributed by atoms with Gasteiger partial charge in [-0.05, 0) is 108 Å². The minimum Gasteiger partial charge on any atom is -0.489 e. The van der Waals surface area contributed by atoms with Crippen LogP contribution in [-0.2, 0) is 0 Å². The number of rotatable bonds is 6. The van der Waals surface area contributed by atoms with Crippen LogP contribution in [0, 0.1) is 32.6 Å². The molecule has 0 unspecified atom stereocenters. The van der Waals surface area contributed by atoms with Gasteiger partial charge < -0.3 is 9.47 Å². The standard InChI is InChI=1S/C19H20F2I2O2/c1-10-5-14(20)8-16(22)18(10)24-12(3)7-13(4)25-19-11(2)6-15(21)9-17(19)23/h5-6,8-9,12-13H,7H2,1-4H3/t12-,13+. The molecule has 0 bridgehead atoms. The molecule has 0 saturated heterocycles. The summed E-state index contributed by atoms with van der Waals surface area (Å²) in [6.45, 7) is 7.58. The molecule has 6 heteroatoms. The fourth-order valence-corrected chi connectivity index (χ4v) is 4.34. The molecule has 0 spiro atoms. The Morgan fingerprint density at radius 3 is 1.48 bits per heavy atom. The van der Waals surface area contributed by atoms with E-state index < -0.39 is 0 Å². The molecule has 2 rings (SSSR count). The molecule has 0 amide bonds. The van der Waals surface area contributed by atoms with Gasteiger partial charge >= 0.3 is 0 Å². The van der Waals surface area contributed by atoms with Gasteiger partial charge in [0.25, 0.3) is 0 Å². The Morgan fingerprint density at radius 2 is 1.16 bits per heavy atom. The highest BCUT2D eigenvalue weighted by atomic mass is 127. The topological polar surface area (TPSA) is 18.5 Å². The number of hydrogen-bond acceptors (Lipinski definition) is 2. The molecule has 0 aliphatic carbocycles. The summed E-state index contributed by atoms with van der Waals surface area (Å²) in [5.74, 6) is 0.878. The highest BCUT2D eigenvalue weighted by molar-refractivity contribution is 14.1. The summed E-state index contributed by atoms with van der Waals surface area (Å²) in [5.41, 5.74) is 1.54. The second kappa shape index (κ2) is 8.83. The van der Waals surface area contributed by atoms with Crippen molar-refractivity contribution in [2.24, 2.45) is 0 Å². The minimum atomic E-state index is -0.264. The van der Waals surface area contributed by atoms with E-state index in [1.807, 2.05) is 27.7 Å². The third-order valence-electron chi connectivity index (χ3n) is 3.69. The summed E-state index contributed by atoms with van der Waals surface area (Å²) in [6.07, 6.45) is 0.442. The summed E-state index contributed by atoms with van der Waals surface area (Å²) >= 11 is 4.15. The zero-order valence-electron chi connectivity index (χ0n) is 14.5. The van der Waals surface area contributed by atoms with Crippen LogP contribution in [0.5, 0.6) is 11.5 Å². The molecular weight excluding hydrogens is 552 g/mol. The fraction of sp³-hybridized carbons (Fsp3) is 0.368. The maximum atomic E-state index is 13.4. The van der Waals surface area contributed by atoms with Gasteiger partial charge in [-0.2, -0.15) is 0 Å². The zero-order valence-corrected chi connectivity index (χ0v) is 18.8. The van der Waals surface area contributed by atoms with Gasteiger partial charge in [0.1, 0.15) is 23.1 Å². The van der Waals surface area contributed by atoms with E-state index in [0.717, 1.165) is 18.3 Å². The Bertz CT molecular complexity index is 656. The van der Waals surface area contributed by atoms with E-state index in [1.165, 1.54) is 24.3 Å². The van der Waals surface area contributed by atoms with Crippen LogP contribution in [0.25, 0.3) is 0 Å². The maximum absolute atomic E-state index is 13.4. The molecule has 2 aromatic carbocycles.